The summed E-state index contributed by atoms with van der Waals surface area (Å²) in [7, 11) is 1.80. The first kappa shape index (κ1) is 13.0. The van der Waals surface area contributed by atoms with Gasteiger partial charge in [0.1, 0.15) is 0 Å². The van der Waals surface area contributed by atoms with Crippen molar-refractivity contribution in [1.82, 2.24) is 4.90 Å². The monoisotopic (exact) mass is 213 g/mol. The van der Waals surface area contributed by atoms with Gasteiger partial charge in [-0.25, -0.2) is 0 Å². The normalized spacial score (nSPS) is 22.4. The van der Waals surface area contributed by atoms with Gasteiger partial charge in [0.15, 0.2) is 0 Å². The maximum absolute atomic E-state index is 5.12. The molecule has 0 aromatic rings. The Bertz CT molecular complexity index is 133. The van der Waals surface area contributed by atoms with Gasteiger partial charge in [0, 0.05) is 19.8 Å². The van der Waals surface area contributed by atoms with E-state index < -0.39 is 0 Å². The minimum Gasteiger partial charge on any atom is -0.385 e. The van der Waals surface area contributed by atoms with Crippen LogP contribution in [0.1, 0.15) is 51.9 Å². The van der Waals surface area contributed by atoms with Gasteiger partial charge in [-0.3, -0.25) is 0 Å². The maximum Gasteiger partial charge on any atom is 0.0462 e. The van der Waals surface area contributed by atoms with Crippen LogP contribution in [0.15, 0.2) is 0 Å². The molecular formula is C13H27NO. The minimum atomic E-state index is 0.858. The summed E-state index contributed by atoms with van der Waals surface area (Å²) in [5.74, 6) is 0. The number of nitrogens with zero attached hydrogens (tertiary/aromatic N) is 1. The number of hydrogen-bond donors (Lipinski definition) is 0. The topological polar surface area (TPSA) is 12.5 Å². The van der Waals surface area contributed by atoms with Crippen LogP contribution in [-0.2, 0) is 4.74 Å². The Morgan fingerprint density at radius 2 is 2.13 bits per heavy atom. The molecule has 1 aliphatic heterocycles. The molecule has 1 fully saturated rings. The zero-order valence-electron chi connectivity index (χ0n) is 10.5. The van der Waals surface area contributed by atoms with Crippen molar-refractivity contribution < 1.29 is 4.74 Å². The lowest BCUT2D eigenvalue weighted by Gasteiger charge is -2.24. The van der Waals surface area contributed by atoms with Gasteiger partial charge in [-0.2, -0.15) is 0 Å². The summed E-state index contributed by atoms with van der Waals surface area (Å²) in [6.07, 6.45) is 9.49. The quantitative estimate of drug-likeness (QED) is 0.575. The summed E-state index contributed by atoms with van der Waals surface area (Å²) in [5, 5.41) is 0. The molecule has 1 heterocycles. The summed E-state index contributed by atoms with van der Waals surface area (Å²) >= 11 is 0. The second-order valence-electron chi connectivity index (χ2n) is 4.67. The number of ether oxygens (including phenoxy) is 1. The van der Waals surface area contributed by atoms with Crippen molar-refractivity contribution in [2.75, 3.05) is 26.8 Å². The highest BCUT2D eigenvalue weighted by Gasteiger charge is 2.22. The summed E-state index contributed by atoms with van der Waals surface area (Å²) in [6, 6.07) is 0.858. The molecule has 2 heteroatoms. The predicted octanol–water partition coefficient (Wildman–Crippen LogP) is 3.07. The lowest BCUT2D eigenvalue weighted by molar-refractivity contribution is 0.172. The van der Waals surface area contributed by atoms with Crippen LogP contribution in [0.5, 0.6) is 0 Å². The van der Waals surface area contributed by atoms with Crippen molar-refractivity contribution >= 4 is 0 Å². The Morgan fingerprint density at radius 1 is 1.27 bits per heavy atom. The molecule has 0 aliphatic carbocycles. The predicted molar refractivity (Wildman–Crippen MR) is 65.2 cm³/mol. The van der Waals surface area contributed by atoms with E-state index >= 15 is 0 Å². The molecule has 1 atom stereocenters. The van der Waals surface area contributed by atoms with Crippen LogP contribution in [0, 0.1) is 0 Å². The largest absolute Gasteiger partial charge is 0.385 e. The van der Waals surface area contributed by atoms with Gasteiger partial charge in [0.2, 0.25) is 0 Å². The number of likely N-dealkylation sites (tertiary alicyclic amines) is 1. The zero-order chi connectivity index (χ0) is 10.9. The van der Waals surface area contributed by atoms with Crippen LogP contribution in [0.25, 0.3) is 0 Å². The van der Waals surface area contributed by atoms with Crippen LogP contribution in [-0.4, -0.2) is 37.7 Å². The van der Waals surface area contributed by atoms with Gasteiger partial charge in [0.25, 0.3) is 0 Å². The van der Waals surface area contributed by atoms with Gasteiger partial charge in [-0.05, 0) is 45.2 Å². The average molecular weight is 213 g/mol. The van der Waals surface area contributed by atoms with E-state index in [0.717, 1.165) is 12.6 Å². The maximum atomic E-state index is 5.12. The molecule has 1 unspecified atom stereocenters. The fourth-order valence-corrected chi connectivity index (χ4v) is 2.54. The first-order chi connectivity index (χ1) is 7.38. The second kappa shape index (κ2) is 8.12. The van der Waals surface area contributed by atoms with Crippen molar-refractivity contribution in [2.45, 2.75) is 57.9 Å². The Kier molecular flexibility index (Phi) is 7.03. The smallest absolute Gasteiger partial charge is 0.0462 e. The first-order valence-electron chi connectivity index (χ1n) is 6.61. The molecule has 0 bridgehead atoms. The molecule has 1 aliphatic rings. The summed E-state index contributed by atoms with van der Waals surface area (Å²) < 4.78 is 5.12. The Morgan fingerprint density at radius 3 is 2.87 bits per heavy atom. The first-order valence-corrected chi connectivity index (χ1v) is 6.61. The summed E-state index contributed by atoms with van der Waals surface area (Å²) in [6.45, 7) is 5.87. The SMILES string of the molecule is CCCCCN1CCCC1CCCOC. The van der Waals surface area contributed by atoms with Crippen molar-refractivity contribution in [1.29, 1.82) is 0 Å². The molecule has 0 amide bonds. The van der Waals surface area contributed by atoms with E-state index in [1.165, 1.54) is 58.0 Å². The Balaban J connectivity index is 2.11. The number of hydrogen-bond acceptors (Lipinski definition) is 2. The highest BCUT2D eigenvalue weighted by Crippen LogP contribution is 2.21. The third-order valence-corrected chi connectivity index (χ3v) is 3.43. The van der Waals surface area contributed by atoms with Crippen LogP contribution < -0.4 is 0 Å². The Hall–Kier alpha value is -0.0800. The molecule has 0 radical (unpaired) electrons. The molecule has 1 saturated heterocycles. The van der Waals surface area contributed by atoms with Crippen molar-refractivity contribution in [3.63, 3.8) is 0 Å². The summed E-state index contributed by atoms with van der Waals surface area (Å²) in [5.41, 5.74) is 0. The fourth-order valence-electron chi connectivity index (χ4n) is 2.54. The molecule has 2 nitrogen and oxygen atoms in total. The van der Waals surface area contributed by atoms with Crippen LogP contribution in [0.2, 0.25) is 0 Å². The standard InChI is InChI=1S/C13H27NO/c1-3-4-5-10-14-11-6-8-13(14)9-7-12-15-2/h13H,3-12H2,1-2H3. The Labute approximate surface area is 95.0 Å². The van der Waals surface area contributed by atoms with E-state index in [2.05, 4.69) is 11.8 Å². The second-order valence-corrected chi connectivity index (χ2v) is 4.67. The highest BCUT2D eigenvalue weighted by atomic mass is 16.5. The highest BCUT2D eigenvalue weighted by molar-refractivity contribution is 4.78. The van der Waals surface area contributed by atoms with Crippen LogP contribution in [0.3, 0.4) is 0 Å². The molecule has 0 aromatic carbocycles. The van der Waals surface area contributed by atoms with E-state index in [-0.39, 0.29) is 0 Å². The molecule has 90 valence electrons. The van der Waals surface area contributed by atoms with Gasteiger partial charge < -0.3 is 9.64 Å². The van der Waals surface area contributed by atoms with E-state index in [0.29, 0.717) is 0 Å². The molecule has 15 heavy (non-hydrogen) atoms. The third-order valence-electron chi connectivity index (χ3n) is 3.43. The molecule has 1 rings (SSSR count). The molecule has 0 saturated carbocycles. The molecular weight excluding hydrogens is 186 g/mol. The van der Waals surface area contributed by atoms with Crippen LogP contribution in [0.4, 0.5) is 0 Å². The van der Waals surface area contributed by atoms with E-state index in [1.54, 1.807) is 7.11 Å². The lowest BCUT2D eigenvalue weighted by Crippen LogP contribution is -2.30. The average Bonchev–Trinajstić information content (AvgIpc) is 2.67. The minimum absolute atomic E-state index is 0.858. The van der Waals surface area contributed by atoms with Crippen molar-refractivity contribution in [2.24, 2.45) is 0 Å². The van der Waals surface area contributed by atoms with E-state index in [4.69, 9.17) is 4.74 Å². The molecule has 0 spiro atoms. The van der Waals surface area contributed by atoms with Crippen molar-refractivity contribution in [3.05, 3.63) is 0 Å². The van der Waals surface area contributed by atoms with Crippen molar-refractivity contribution in [3.8, 4) is 0 Å². The number of rotatable bonds is 8. The lowest BCUT2D eigenvalue weighted by atomic mass is 10.1. The van der Waals surface area contributed by atoms with E-state index in [1.807, 2.05) is 0 Å². The molecule has 0 aromatic heterocycles. The number of methoxy groups -OCH3 is 1. The van der Waals surface area contributed by atoms with Gasteiger partial charge in [-0.15, -0.1) is 0 Å². The van der Waals surface area contributed by atoms with Gasteiger partial charge >= 0.3 is 0 Å². The van der Waals surface area contributed by atoms with E-state index in [9.17, 15) is 0 Å². The van der Waals surface area contributed by atoms with Crippen LogP contribution >= 0.6 is 0 Å². The fraction of sp³-hybridized carbons (Fsp3) is 1.00. The van der Waals surface area contributed by atoms with Gasteiger partial charge in [-0.1, -0.05) is 19.8 Å². The molecule has 0 N–H and O–H groups in total. The number of unbranched alkanes of at least 4 members (excludes halogenated alkanes) is 2. The van der Waals surface area contributed by atoms with Gasteiger partial charge in [0.05, 0.1) is 0 Å². The third kappa shape index (κ3) is 4.98. The zero-order valence-corrected chi connectivity index (χ0v) is 10.5. The summed E-state index contributed by atoms with van der Waals surface area (Å²) in [4.78, 5) is 2.70.